The van der Waals surface area contributed by atoms with Crippen molar-refractivity contribution in [2.45, 2.75) is 252 Å². The second-order valence-corrected chi connectivity index (χ2v) is 18.8. The first-order chi connectivity index (χ1) is 35.5. The van der Waals surface area contributed by atoms with E-state index in [2.05, 4.69) is 154 Å². The summed E-state index contributed by atoms with van der Waals surface area (Å²) >= 11 is 0. The van der Waals surface area contributed by atoms with Gasteiger partial charge in [-0.05, 0) is 135 Å². The van der Waals surface area contributed by atoms with Gasteiger partial charge < -0.3 is 14.2 Å². The molecule has 0 heterocycles. The van der Waals surface area contributed by atoms with Gasteiger partial charge in [0.1, 0.15) is 13.2 Å². The van der Waals surface area contributed by atoms with Gasteiger partial charge in [-0.25, -0.2) is 0 Å². The van der Waals surface area contributed by atoms with E-state index in [0.717, 1.165) is 141 Å². The van der Waals surface area contributed by atoms with E-state index in [1.165, 1.54) is 57.8 Å². The SMILES string of the molecule is CC/C=C\C/C=C\C/C=C\C/C=C\C/C=C\C/C=C\C/C=C\CCCC(=O)OCC(COC(=O)CCCCCCC/C=C\C/C=C\CCCCC)OC(=O)CCCCCCC/C=C\C/C=C\CCCCCC. The lowest BCUT2D eigenvalue weighted by Gasteiger charge is -2.18. The van der Waals surface area contributed by atoms with E-state index in [1.54, 1.807) is 0 Å². The van der Waals surface area contributed by atoms with Crippen molar-refractivity contribution < 1.29 is 28.6 Å². The number of esters is 3. The average Bonchev–Trinajstić information content (AvgIpc) is 3.38. The third kappa shape index (κ3) is 56.5. The van der Waals surface area contributed by atoms with Crippen LogP contribution in [0, 0.1) is 0 Å². The highest BCUT2D eigenvalue weighted by Crippen LogP contribution is 2.13. The molecule has 0 rings (SSSR count). The lowest BCUT2D eigenvalue weighted by molar-refractivity contribution is -0.167. The summed E-state index contributed by atoms with van der Waals surface area (Å²) in [7, 11) is 0. The maximum absolute atomic E-state index is 12.9. The molecule has 6 nitrogen and oxygen atoms in total. The molecule has 0 fully saturated rings. The van der Waals surface area contributed by atoms with Crippen LogP contribution in [0.5, 0.6) is 0 Å². The summed E-state index contributed by atoms with van der Waals surface area (Å²) < 4.78 is 16.8. The number of carbonyl (C=O) groups is 3. The zero-order valence-electron chi connectivity index (χ0n) is 46.4. The molecule has 0 aliphatic rings. The molecular formula is C66H106O6. The molecule has 0 aromatic heterocycles. The first kappa shape index (κ1) is 67.5. The van der Waals surface area contributed by atoms with E-state index in [4.69, 9.17) is 14.2 Å². The summed E-state index contributed by atoms with van der Waals surface area (Å²) in [6.45, 7) is 6.40. The van der Waals surface area contributed by atoms with Crippen LogP contribution in [0.4, 0.5) is 0 Å². The van der Waals surface area contributed by atoms with Crippen molar-refractivity contribution in [3.05, 3.63) is 134 Å². The first-order valence-corrected chi connectivity index (χ1v) is 29.2. The Hall–Kier alpha value is -4.45. The van der Waals surface area contributed by atoms with E-state index in [9.17, 15) is 14.4 Å². The summed E-state index contributed by atoms with van der Waals surface area (Å²) in [4.78, 5) is 38.2. The Morgan fingerprint density at radius 2 is 0.556 bits per heavy atom. The molecule has 0 aromatic rings. The Morgan fingerprint density at radius 1 is 0.292 bits per heavy atom. The number of carbonyl (C=O) groups excluding carboxylic acids is 3. The maximum atomic E-state index is 12.9. The molecule has 0 saturated heterocycles. The molecule has 6 heteroatoms. The van der Waals surface area contributed by atoms with Crippen molar-refractivity contribution in [3.8, 4) is 0 Å². The van der Waals surface area contributed by atoms with Gasteiger partial charge in [-0.2, -0.15) is 0 Å². The highest BCUT2D eigenvalue weighted by atomic mass is 16.6. The van der Waals surface area contributed by atoms with Crippen LogP contribution in [-0.4, -0.2) is 37.2 Å². The molecule has 1 atom stereocenters. The van der Waals surface area contributed by atoms with Crippen LogP contribution in [0.2, 0.25) is 0 Å². The zero-order valence-corrected chi connectivity index (χ0v) is 46.4. The normalized spacial score (nSPS) is 13.1. The monoisotopic (exact) mass is 995 g/mol. The quantitative estimate of drug-likeness (QED) is 0.0261. The van der Waals surface area contributed by atoms with Crippen LogP contribution in [0.15, 0.2) is 134 Å². The van der Waals surface area contributed by atoms with Gasteiger partial charge in [0.15, 0.2) is 6.10 Å². The second-order valence-electron chi connectivity index (χ2n) is 18.8. The molecule has 0 aromatic carbocycles. The van der Waals surface area contributed by atoms with E-state index in [0.29, 0.717) is 19.3 Å². The van der Waals surface area contributed by atoms with Gasteiger partial charge in [0.25, 0.3) is 0 Å². The number of hydrogen-bond acceptors (Lipinski definition) is 6. The predicted molar refractivity (Wildman–Crippen MR) is 311 cm³/mol. The molecule has 0 aliphatic carbocycles. The van der Waals surface area contributed by atoms with Gasteiger partial charge in [-0.1, -0.05) is 225 Å². The van der Waals surface area contributed by atoms with Gasteiger partial charge in [0.05, 0.1) is 0 Å². The minimum absolute atomic E-state index is 0.113. The van der Waals surface area contributed by atoms with Crippen LogP contribution in [0.3, 0.4) is 0 Å². The van der Waals surface area contributed by atoms with Gasteiger partial charge in [-0.3, -0.25) is 14.4 Å². The van der Waals surface area contributed by atoms with Crippen molar-refractivity contribution in [2.24, 2.45) is 0 Å². The highest BCUT2D eigenvalue weighted by molar-refractivity contribution is 5.71. The number of hydrogen-bond donors (Lipinski definition) is 0. The Labute approximate surface area is 443 Å². The molecule has 0 saturated carbocycles. The Balaban J connectivity index is 4.54. The van der Waals surface area contributed by atoms with E-state index >= 15 is 0 Å². The number of unbranched alkanes of at least 4 members (excludes halogenated alkanes) is 18. The van der Waals surface area contributed by atoms with E-state index < -0.39 is 6.10 Å². The average molecular weight is 996 g/mol. The topological polar surface area (TPSA) is 78.9 Å². The fourth-order valence-corrected chi connectivity index (χ4v) is 7.49. The van der Waals surface area contributed by atoms with Crippen LogP contribution in [0.25, 0.3) is 0 Å². The number of rotatable bonds is 51. The summed E-state index contributed by atoms with van der Waals surface area (Å²) in [5, 5.41) is 0. The fourth-order valence-electron chi connectivity index (χ4n) is 7.49. The van der Waals surface area contributed by atoms with Crippen LogP contribution in [-0.2, 0) is 28.6 Å². The smallest absolute Gasteiger partial charge is 0.306 e. The molecule has 0 radical (unpaired) electrons. The molecule has 0 amide bonds. The minimum atomic E-state index is -0.820. The van der Waals surface area contributed by atoms with Crippen molar-refractivity contribution in [1.82, 2.24) is 0 Å². The molecule has 0 N–H and O–H groups in total. The number of allylic oxidation sites excluding steroid dienone is 22. The minimum Gasteiger partial charge on any atom is -0.462 e. The maximum Gasteiger partial charge on any atom is 0.306 e. The van der Waals surface area contributed by atoms with Crippen molar-refractivity contribution in [2.75, 3.05) is 13.2 Å². The van der Waals surface area contributed by atoms with Gasteiger partial charge in [-0.15, -0.1) is 0 Å². The van der Waals surface area contributed by atoms with Gasteiger partial charge in [0.2, 0.25) is 0 Å². The molecule has 0 spiro atoms. The van der Waals surface area contributed by atoms with Crippen LogP contribution in [0.1, 0.15) is 245 Å². The number of ether oxygens (including phenoxy) is 3. The summed E-state index contributed by atoms with van der Waals surface area (Å²) in [6.07, 6.45) is 83.0. The van der Waals surface area contributed by atoms with E-state index in [1.807, 2.05) is 0 Å². The lowest BCUT2D eigenvalue weighted by Crippen LogP contribution is -2.30. The zero-order chi connectivity index (χ0) is 52.2. The molecule has 406 valence electrons. The van der Waals surface area contributed by atoms with Crippen LogP contribution < -0.4 is 0 Å². The second kappa shape index (κ2) is 59.1. The van der Waals surface area contributed by atoms with Gasteiger partial charge in [0, 0.05) is 19.3 Å². The van der Waals surface area contributed by atoms with Crippen LogP contribution >= 0.6 is 0 Å². The third-order valence-electron chi connectivity index (χ3n) is 11.9. The lowest BCUT2D eigenvalue weighted by atomic mass is 10.1. The Bertz CT molecular complexity index is 1560. The standard InChI is InChI=1S/C66H106O6/c1-4-7-10-13-16-19-22-25-28-30-31-32-33-34-35-36-39-41-44-47-50-53-56-59-65(68)71-62-63(61-70-64(67)58-55-52-49-46-43-40-37-27-24-21-18-15-12-9-6-3)72-66(69)60-57-54-51-48-45-42-38-29-26-23-20-17-14-11-8-5-2/h7,10,16,18-21,23,25,27-29,31-32,34-35,37-39,41,47,50,63H,4-6,8-9,11-15,17,22,24,26,30,33,36,40,42-46,48-49,51-62H2,1-3H3/b10-7-,19-16-,21-18-,23-20-,28-25-,32-31-,35-34-,37-27-,38-29-,41-39-,50-47-. The largest absolute Gasteiger partial charge is 0.462 e. The molecule has 1 unspecified atom stereocenters. The Morgan fingerprint density at radius 3 is 0.931 bits per heavy atom. The molecule has 0 aliphatic heterocycles. The van der Waals surface area contributed by atoms with Gasteiger partial charge >= 0.3 is 17.9 Å². The fraction of sp³-hybridized carbons (Fsp3) is 0.621. The van der Waals surface area contributed by atoms with Crippen molar-refractivity contribution >= 4 is 17.9 Å². The summed E-state index contributed by atoms with van der Waals surface area (Å²) in [5.74, 6) is -1.01. The first-order valence-electron chi connectivity index (χ1n) is 29.2. The highest BCUT2D eigenvalue weighted by Gasteiger charge is 2.19. The van der Waals surface area contributed by atoms with E-state index in [-0.39, 0.29) is 37.5 Å². The Kier molecular flexibility index (Phi) is 55.5. The predicted octanol–water partition coefficient (Wildman–Crippen LogP) is 19.8. The van der Waals surface area contributed by atoms with Crippen molar-refractivity contribution in [3.63, 3.8) is 0 Å². The molecule has 0 bridgehead atoms. The van der Waals surface area contributed by atoms with Crippen molar-refractivity contribution in [1.29, 1.82) is 0 Å². The summed E-state index contributed by atoms with van der Waals surface area (Å²) in [5.41, 5.74) is 0. The molecular weight excluding hydrogens is 889 g/mol. The third-order valence-corrected chi connectivity index (χ3v) is 11.9. The molecule has 72 heavy (non-hydrogen) atoms. The summed E-state index contributed by atoms with van der Waals surface area (Å²) in [6, 6.07) is 0.